The first-order chi connectivity index (χ1) is 14.0. The first kappa shape index (κ1) is 19.3. The predicted molar refractivity (Wildman–Crippen MR) is 105 cm³/mol. The molecule has 1 N–H and O–H groups in total. The zero-order chi connectivity index (χ0) is 20.4. The number of hydrogen-bond donors (Lipinski definition) is 1. The van der Waals surface area contributed by atoms with Gasteiger partial charge in [-0.05, 0) is 37.1 Å². The Bertz CT molecular complexity index is 1080. The number of pyridine rings is 1. The molecule has 0 radical (unpaired) electrons. The summed E-state index contributed by atoms with van der Waals surface area (Å²) in [6.45, 7) is 0.682. The molecule has 9 heteroatoms. The van der Waals surface area contributed by atoms with Crippen molar-refractivity contribution in [2.45, 2.75) is 38.4 Å². The molecular weight excluding hydrogens is 397 g/mol. The molecule has 1 unspecified atom stereocenters. The monoisotopic (exact) mass is 415 g/mol. The minimum Gasteiger partial charge on any atom is -0.350 e. The number of hydrogen-bond acceptors (Lipinski definition) is 4. The van der Waals surface area contributed by atoms with E-state index in [1.165, 1.54) is 21.4 Å². The third kappa shape index (κ3) is 3.93. The molecule has 1 amide bonds. The number of halogens is 2. The van der Waals surface area contributed by atoms with E-state index in [1.54, 1.807) is 18.3 Å². The fourth-order valence-electron chi connectivity index (χ4n) is 3.50. The molecule has 2 aromatic heterocycles. The molecule has 1 aliphatic heterocycles. The molecule has 0 saturated carbocycles. The molecule has 150 valence electrons. The van der Waals surface area contributed by atoms with Gasteiger partial charge in [0, 0.05) is 23.3 Å². The SMILES string of the molecule is O=C(NCc1ccccn1)C1CCCn2c1nn(Cc1c(F)cccc1Cl)c2=O. The smallest absolute Gasteiger partial charge is 0.346 e. The highest BCUT2D eigenvalue weighted by molar-refractivity contribution is 6.31. The highest BCUT2D eigenvalue weighted by Gasteiger charge is 2.31. The summed E-state index contributed by atoms with van der Waals surface area (Å²) in [6, 6.07) is 9.83. The zero-order valence-corrected chi connectivity index (χ0v) is 16.3. The van der Waals surface area contributed by atoms with Gasteiger partial charge < -0.3 is 5.32 Å². The zero-order valence-electron chi connectivity index (χ0n) is 15.5. The Morgan fingerprint density at radius 2 is 2.14 bits per heavy atom. The first-order valence-electron chi connectivity index (χ1n) is 9.32. The Hall–Kier alpha value is -3.00. The van der Waals surface area contributed by atoms with E-state index in [1.807, 2.05) is 12.1 Å². The van der Waals surface area contributed by atoms with Gasteiger partial charge in [-0.2, -0.15) is 5.10 Å². The van der Waals surface area contributed by atoms with Crippen molar-refractivity contribution in [1.29, 1.82) is 0 Å². The molecule has 0 saturated heterocycles. The Morgan fingerprint density at radius 1 is 1.28 bits per heavy atom. The van der Waals surface area contributed by atoms with Crippen molar-refractivity contribution in [2.75, 3.05) is 0 Å². The maximum atomic E-state index is 14.1. The molecule has 1 aromatic carbocycles. The Kier molecular flexibility index (Phi) is 5.44. The molecule has 0 fully saturated rings. The van der Waals surface area contributed by atoms with Crippen LogP contribution in [0.4, 0.5) is 4.39 Å². The molecular formula is C20H19ClFN5O2. The van der Waals surface area contributed by atoms with Crippen molar-refractivity contribution in [1.82, 2.24) is 24.6 Å². The van der Waals surface area contributed by atoms with Crippen LogP contribution in [0.3, 0.4) is 0 Å². The number of carbonyl (C=O) groups is 1. The summed E-state index contributed by atoms with van der Waals surface area (Å²) in [7, 11) is 0. The van der Waals surface area contributed by atoms with Gasteiger partial charge in [0.1, 0.15) is 11.6 Å². The Balaban J connectivity index is 1.57. The maximum absolute atomic E-state index is 14.1. The summed E-state index contributed by atoms with van der Waals surface area (Å²) < 4.78 is 16.8. The highest BCUT2D eigenvalue weighted by atomic mass is 35.5. The standard InChI is InChI=1S/C20H19ClFN5O2/c21-16-7-3-8-17(22)15(16)12-27-20(29)26-10-4-6-14(18(26)25-27)19(28)24-11-13-5-1-2-9-23-13/h1-3,5,7-9,14H,4,6,10-12H2,(H,24,28). The molecule has 4 rings (SSSR count). The van der Waals surface area contributed by atoms with E-state index < -0.39 is 11.7 Å². The minimum absolute atomic E-state index is 0.0907. The molecule has 1 atom stereocenters. The quantitative estimate of drug-likeness (QED) is 0.694. The first-order valence-corrected chi connectivity index (χ1v) is 9.70. The van der Waals surface area contributed by atoms with E-state index in [9.17, 15) is 14.0 Å². The van der Waals surface area contributed by atoms with Gasteiger partial charge in [-0.15, -0.1) is 0 Å². The number of amides is 1. The fraction of sp³-hybridized carbons (Fsp3) is 0.300. The van der Waals surface area contributed by atoms with Gasteiger partial charge in [-0.3, -0.25) is 14.3 Å². The summed E-state index contributed by atoms with van der Waals surface area (Å²) in [5.74, 6) is -0.859. The van der Waals surface area contributed by atoms with Crippen molar-refractivity contribution in [3.8, 4) is 0 Å². The van der Waals surface area contributed by atoms with E-state index in [0.717, 1.165) is 5.69 Å². The van der Waals surface area contributed by atoms with Crippen LogP contribution in [0.15, 0.2) is 47.4 Å². The van der Waals surface area contributed by atoms with Crippen molar-refractivity contribution in [3.05, 3.63) is 81.0 Å². The van der Waals surface area contributed by atoms with Crippen LogP contribution < -0.4 is 11.0 Å². The van der Waals surface area contributed by atoms with E-state index in [0.29, 0.717) is 31.8 Å². The normalized spacial score (nSPS) is 15.7. The second-order valence-electron chi connectivity index (χ2n) is 6.88. The Labute approximate surface area is 171 Å². The molecule has 0 spiro atoms. The number of benzene rings is 1. The second kappa shape index (κ2) is 8.16. The number of rotatable bonds is 5. The van der Waals surface area contributed by atoms with Crippen LogP contribution >= 0.6 is 11.6 Å². The third-order valence-electron chi connectivity index (χ3n) is 4.99. The van der Waals surface area contributed by atoms with Crippen molar-refractivity contribution in [3.63, 3.8) is 0 Å². The van der Waals surface area contributed by atoms with E-state index in [2.05, 4.69) is 15.4 Å². The number of nitrogens with one attached hydrogen (secondary N) is 1. The van der Waals surface area contributed by atoms with Gasteiger partial charge in [0.25, 0.3) is 0 Å². The van der Waals surface area contributed by atoms with Crippen molar-refractivity contribution in [2.24, 2.45) is 0 Å². The van der Waals surface area contributed by atoms with Crippen LogP contribution in [0.2, 0.25) is 5.02 Å². The fourth-order valence-corrected chi connectivity index (χ4v) is 3.72. The largest absolute Gasteiger partial charge is 0.350 e. The number of fused-ring (bicyclic) bond motifs is 1. The molecule has 3 aromatic rings. The third-order valence-corrected chi connectivity index (χ3v) is 5.35. The molecule has 0 aliphatic carbocycles. The number of carbonyl (C=O) groups excluding carboxylic acids is 1. The van der Waals surface area contributed by atoms with Crippen LogP contribution in [0.25, 0.3) is 0 Å². The number of aromatic nitrogens is 4. The number of nitrogens with zero attached hydrogens (tertiary/aromatic N) is 4. The topological polar surface area (TPSA) is 81.8 Å². The molecule has 0 bridgehead atoms. The lowest BCUT2D eigenvalue weighted by molar-refractivity contribution is -0.123. The van der Waals surface area contributed by atoms with Gasteiger partial charge in [0.15, 0.2) is 0 Å². The lowest BCUT2D eigenvalue weighted by Gasteiger charge is -2.21. The second-order valence-corrected chi connectivity index (χ2v) is 7.29. The average molecular weight is 416 g/mol. The average Bonchev–Trinajstić information content (AvgIpc) is 3.05. The van der Waals surface area contributed by atoms with Crippen LogP contribution in [0, 0.1) is 5.82 Å². The van der Waals surface area contributed by atoms with Gasteiger partial charge in [0.05, 0.1) is 24.7 Å². The maximum Gasteiger partial charge on any atom is 0.346 e. The molecule has 1 aliphatic rings. The predicted octanol–water partition coefficient (Wildman–Crippen LogP) is 2.47. The summed E-state index contributed by atoms with van der Waals surface area (Å²) in [6.07, 6.45) is 2.93. The molecule has 7 nitrogen and oxygen atoms in total. The van der Waals surface area contributed by atoms with E-state index in [4.69, 9.17) is 11.6 Å². The van der Waals surface area contributed by atoms with E-state index >= 15 is 0 Å². The van der Waals surface area contributed by atoms with Crippen LogP contribution in [-0.2, 0) is 24.4 Å². The summed E-state index contributed by atoms with van der Waals surface area (Å²) in [5, 5.41) is 7.44. The van der Waals surface area contributed by atoms with Gasteiger partial charge >= 0.3 is 5.69 Å². The van der Waals surface area contributed by atoms with Crippen LogP contribution in [0.5, 0.6) is 0 Å². The molecule has 3 heterocycles. The van der Waals surface area contributed by atoms with Crippen LogP contribution in [0.1, 0.15) is 35.8 Å². The Morgan fingerprint density at radius 3 is 2.90 bits per heavy atom. The minimum atomic E-state index is -0.544. The van der Waals surface area contributed by atoms with Gasteiger partial charge in [-0.1, -0.05) is 23.7 Å². The molecule has 29 heavy (non-hydrogen) atoms. The van der Waals surface area contributed by atoms with Crippen LogP contribution in [-0.4, -0.2) is 25.2 Å². The summed E-state index contributed by atoms with van der Waals surface area (Å²) in [4.78, 5) is 29.7. The van der Waals surface area contributed by atoms with E-state index in [-0.39, 0.29) is 28.7 Å². The highest BCUT2D eigenvalue weighted by Crippen LogP contribution is 2.25. The lowest BCUT2D eigenvalue weighted by atomic mass is 9.98. The summed E-state index contributed by atoms with van der Waals surface area (Å²) >= 11 is 6.08. The van der Waals surface area contributed by atoms with Gasteiger partial charge in [-0.25, -0.2) is 13.9 Å². The van der Waals surface area contributed by atoms with Crippen molar-refractivity contribution >= 4 is 17.5 Å². The summed E-state index contributed by atoms with van der Waals surface area (Å²) in [5.41, 5.74) is 0.568. The van der Waals surface area contributed by atoms with Crippen molar-refractivity contribution < 1.29 is 9.18 Å². The lowest BCUT2D eigenvalue weighted by Crippen LogP contribution is -2.35. The van der Waals surface area contributed by atoms with Gasteiger partial charge in [0.2, 0.25) is 5.91 Å².